The number of carbonyl (C=O) groups excluding carboxylic acids is 1. The van der Waals surface area contributed by atoms with Crippen molar-refractivity contribution < 1.29 is 9.90 Å². The number of aromatic nitrogens is 4. The van der Waals surface area contributed by atoms with Crippen LogP contribution < -0.4 is 0 Å². The van der Waals surface area contributed by atoms with Crippen molar-refractivity contribution in [3.05, 3.63) is 35.7 Å². The number of hydrogen-bond acceptors (Lipinski definition) is 4. The molecule has 1 fully saturated rings. The molecule has 0 radical (unpaired) electrons. The molecule has 1 aliphatic heterocycles. The van der Waals surface area contributed by atoms with Gasteiger partial charge in [-0.15, -0.1) is 0 Å². The molecule has 3 rings (SSSR count). The van der Waals surface area contributed by atoms with Crippen LogP contribution in [0.4, 0.5) is 0 Å². The smallest absolute Gasteiger partial charge is 0.272 e. The van der Waals surface area contributed by atoms with Gasteiger partial charge in [-0.2, -0.15) is 5.10 Å². The number of likely N-dealkylation sites (tertiary alicyclic amines) is 1. The van der Waals surface area contributed by atoms with E-state index in [9.17, 15) is 9.90 Å². The van der Waals surface area contributed by atoms with Gasteiger partial charge in [-0.1, -0.05) is 0 Å². The molecule has 0 saturated carbocycles. The summed E-state index contributed by atoms with van der Waals surface area (Å²) in [7, 11) is 1.89. The van der Waals surface area contributed by atoms with Crippen LogP contribution >= 0.6 is 0 Å². The molecule has 0 aromatic carbocycles. The lowest BCUT2D eigenvalue weighted by Crippen LogP contribution is -2.40. The van der Waals surface area contributed by atoms with E-state index in [0.29, 0.717) is 31.2 Å². The largest absolute Gasteiger partial charge is 0.385 e. The van der Waals surface area contributed by atoms with Crippen molar-refractivity contribution in [2.75, 3.05) is 13.1 Å². The fourth-order valence-electron chi connectivity index (χ4n) is 3.41. The summed E-state index contributed by atoms with van der Waals surface area (Å²) < 4.78 is 3.61. The second kappa shape index (κ2) is 6.76. The van der Waals surface area contributed by atoms with Crippen molar-refractivity contribution in [1.29, 1.82) is 0 Å². The molecule has 1 aliphatic rings. The van der Waals surface area contributed by atoms with Crippen molar-refractivity contribution in [2.45, 2.75) is 39.3 Å². The first kappa shape index (κ1) is 16.7. The van der Waals surface area contributed by atoms with E-state index >= 15 is 0 Å². The highest BCUT2D eigenvalue weighted by Crippen LogP contribution is 2.30. The van der Waals surface area contributed by atoms with E-state index in [1.54, 1.807) is 10.9 Å². The van der Waals surface area contributed by atoms with Crippen molar-refractivity contribution in [3.63, 3.8) is 0 Å². The minimum absolute atomic E-state index is 0.0300. The highest BCUT2D eigenvalue weighted by Gasteiger charge is 2.31. The van der Waals surface area contributed by atoms with E-state index in [2.05, 4.69) is 10.1 Å². The third-order valence-electron chi connectivity index (χ3n) is 4.82. The van der Waals surface area contributed by atoms with Gasteiger partial charge in [0.05, 0.1) is 5.69 Å². The molecule has 130 valence electrons. The predicted molar refractivity (Wildman–Crippen MR) is 89.4 cm³/mol. The van der Waals surface area contributed by atoms with Gasteiger partial charge in [0, 0.05) is 39.1 Å². The van der Waals surface area contributed by atoms with E-state index < -0.39 is 6.10 Å². The Morgan fingerprint density at radius 2 is 2.12 bits per heavy atom. The molecule has 2 aromatic rings. The maximum absolute atomic E-state index is 12.7. The molecule has 24 heavy (non-hydrogen) atoms. The monoisotopic (exact) mass is 331 g/mol. The SMILES string of the molecule is CCn1nc(C)cc1C(=O)N1CCC([C@@H](O)c2nccn2C)CC1. The molecule has 0 unspecified atom stereocenters. The molecule has 3 heterocycles. The summed E-state index contributed by atoms with van der Waals surface area (Å²) in [5.41, 5.74) is 1.51. The first-order chi connectivity index (χ1) is 11.5. The molecule has 2 aromatic heterocycles. The molecule has 1 N–H and O–H groups in total. The van der Waals surface area contributed by atoms with Crippen LogP contribution in [0.2, 0.25) is 0 Å². The van der Waals surface area contributed by atoms with Gasteiger partial charge in [-0.3, -0.25) is 9.48 Å². The molecule has 0 aliphatic carbocycles. The number of aliphatic hydroxyl groups excluding tert-OH is 1. The van der Waals surface area contributed by atoms with Crippen molar-refractivity contribution in [3.8, 4) is 0 Å². The van der Waals surface area contributed by atoms with Crippen LogP contribution in [0.25, 0.3) is 0 Å². The van der Waals surface area contributed by atoms with E-state index in [1.165, 1.54) is 0 Å². The average molecular weight is 331 g/mol. The summed E-state index contributed by atoms with van der Waals surface area (Å²) in [5.74, 6) is 0.856. The van der Waals surface area contributed by atoms with Gasteiger partial charge >= 0.3 is 0 Å². The van der Waals surface area contributed by atoms with Gasteiger partial charge in [0.15, 0.2) is 0 Å². The minimum atomic E-state index is -0.578. The number of imidazole rings is 1. The maximum atomic E-state index is 12.7. The van der Waals surface area contributed by atoms with E-state index in [0.717, 1.165) is 18.5 Å². The number of aliphatic hydroxyl groups is 1. The lowest BCUT2D eigenvalue weighted by atomic mass is 9.90. The Hall–Kier alpha value is -2.15. The summed E-state index contributed by atoms with van der Waals surface area (Å²) in [4.78, 5) is 18.8. The lowest BCUT2D eigenvalue weighted by molar-refractivity contribution is 0.0413. The highest BCUT2D eigenvalue weighted by atomic mass is 16.3. The Morgan fingerprint density at radius 1 is 1.42 bits per heavy atom. The summed E-state index contributed by atoms with van der Waals surface area (Å²) >= 11 is 0. The van der Waals surface area contributed by atoms with Gasteiger partial charge in [0.1, 0.15) is 17.6 Å². The molecular weight excluding hydrogens is 306 g/mol. The zero-order chi connectivity index (χ0) is 17.3. The van der Waals surface area contributed by atoms with Crippen molar-refractivity contribution in [1.82, 2.24) is 24.2 Å². The standard InChI is InChI=1S/C17H25N5O2/c1-4-22-14(11-12(2)19-22)17(24)21-8-5-13(6-9-21)15(23)16-18-7-10-20(16)3/h7,10-11,13,15,23H,4-6,8-9H2,1-3H3/t15-/m1/s1. The second-order valence-corrected chi connectivity index (χ2v) is 6.46. The fourth-order valence-corrected chi connectivity index (χ4v) is 3.41. The predicted octanol–water partition coefficient (Wildman–Crippen LogP) is 1.53. The summed E-state index contributed by atoms with van der Waals surface area (Å²) in [6.45, 7) is 5.87. The molecule has 7 nitrogen and oxygen atoms in total. The number of piperidine rings is 1. The van der Waals surface area contributed by atoms with Gasteiger partial charge < -0.3 is 14.6 Å². The Morgan fingerprint density at radius 3 is 2.71 bits per heavy atom. The maximum Gasteiger partial charge on any atom is 0.272 e. The average Bonchev–Trinajstić information content (AvgIpc) is 3.19. The quantitative estimate of drug-likeness (QED) is 0.922. The zero-order valence-electron chi connectivity index (χ0n) is 14.5. The topological polar surface area (TPSA) is 76.2 Å². The van der Waals surface area contributed by atoms with Gasteiger partial charge in [-0.25, -0.2) is 4.98 Å². The number of nitrogens with zero attached hydrogens (tertiary/aromatic N) is 5. The zero-order valence-corrected chi connectivity index (χ0v) is 14.5. The Kier molecular flexibility index (Phi) is 4.71. The number of carbonyl (C=O) groups is 1. The highest BCUT2D eigenvalue weighted by molar-refractivity contribution is 5.92. The molecule has 7 heteroatoms. The van der Waals surface area contributed by atoms with E-state index in [1.807, 2.05) is 42.6 Å². The van der Waals surface area contributed by atoms with Gasteiger partial charge in [-0.05, 0) is 38.7 Å². The Bertz CT molecular complexity index is 712. The van der Waals surface area contributed by atoms with Crippen LogP contribution in [0, 0.1) is 12.8 Å². The molecule has 1 amide bonds. The second-order valence-electron chi connectivity index (χ2n) is 6.46. The number of hydrogen-bond donors (Lipinski definition) is 1. The molecular formula is C17H25N5O2. The Labute approximate surface area is 141 Å². The molecule has 1 atom stereocenters. The van der Waals surface area contributed by atoms with E-state index in [-0.39, 0.29) is 11.8 Å². The third-order valence-corrected chi connectivity index (χ3v) is 4.82. The third kappa shape index (κ3) is 3.08. The van der Waals surface area contributed by atoms with Crippen LogP contribution in [-0.4, -0.2) is 48.3 Å². The van der Waals surface area contributed by atoms with Crippen LogP contribution in [0.5, 0.6) is 0 Å². The van der Waals surface area contributed by atoms with Gasteiger partial charge in [0.25, 0.3) is 5.91 Å². The first-order valence-corrected chi connectivity index (χ1v) is 8.50. The summed E-state index contributed by atoms with van der Waals surface area (Å²) in [5, 5.41) is 14.9. The molecule has 1 saturated heterocycles. The van der Waals surface area contributed by atoms with Crippen LogP contribution in [0.15, 0.2) is 18.5 Å². The first-order valence-electron chi connectivity index (χ1n) is 8.50. The lowest BCUT2D eigenvalue weighted by Gasteiger charge is -2.34. The van der Waals surface area contributed by atoms with Crippen LogP contribution in [0.1, 0.15) is 47.9 Å². The van der Waals surface area contributed by atoms with Crippen molar-refractivity contribution >= 4 is 5.91 Å². The molecule has 0 bridgehead atoms. The Balaban J connectivity index is 1.64. The molecule has 0 spiro atoms. The van der Waals surface area contributed by atoms with Crippen LogP contribution in [0.3, 0.4) is 0 Å². The summed E-state index contributed by atoms with van der Waals surface area (Å²) in [6.07, 6.45) is 4.51. The number of rotatable bonds is 4. The number of aryl methyl sites for hydroxylation is 3. The minimum Gasteiger partial charge on any atom is -0.385 e. The normalized spacial score (nSPS) is 17.2. The van der Waals surface area contributed by atoms with Gasteiger partial charge in [0.2, 0.25) is 0 Å². The summed E-state index contributed by atoms with van der Waals surface area (Å²) in [6, 6.07) is 1.85. The number of amides is 1. The van der Waals surface area contributed by atoms with E-state index in [4.69, 9.17) is 0 Å². The van der Waals surface area contributed by atoms with Crippen LogP contribution in [-0.2, 0) is 13.6 Å². The van der Waals surface area contributed by atoms with Crippen molar-refractivity contribution in [2.24, 2.45) is 13.0 Å². The fraction of sp³-hybridized carbons (Fsp3) is 0.588.